The first kappa shape index (κ1) is 23.9. The number of aromatic nitrogens is 6. The third-order valence-electron chi connectivity index (χ3n) is 5.67. The Hall–Kier alpha value is -3.21. The number of fused-ring (bicyclic) bond motifs is 1. The Morgan fingerprint density at radius 1 is 1.24 bits per heavy atom. The van der Waals surface area contributed by atoms with E-state index in [0.29, 0.717) is 35.4 Å². The Morgan fingerprint density at radius 3 is 2.68 bits per heavy atom. The Morgan fingerprint density at radius 2 is 2.00 bits per heavy atom. The summed E-state index contributed by atoms with van der Waals surface area (Å²) in [5.41, 5.74) is 2.78. The number of ether oxygens (including phenoxy) is 1. The van der Waals surface area contributed by atoms with Crippen molar-refractivity contribution in [3.63, 3.8) is 0 Å². The summed E-state index contributed by atoms with van der Waals surface area (Å²) in [6.45, 7) is 6.05. The topological polar surface area (TPSA) is 112 Å². The van der Waals surface area contributed by atoms with Gasteiger partial charge in [0.25, 0.3) is 5.95 Å². The van der Waals surface area contributed by atoms with E-state index in [0.717, 1.165) is 22.4 Å². The Balaban J connectivity index is 1.68. The molecule has 1 aromatic carbocycles. The minimum absolute atomic E-state index is 0.160. The van der Waals surface area contributed by atoms with Crippen LogP contribution in [0.3, 0.4) is 0 Å². The SMILES string of the molecule is COCC(C)(O)CCn1c(=O)n(C)c2ccc(Nc3nc(-n4nc(C)cc4C)ncc3Cl)cc21. The largest absolute Gasteiger partial charge is 0.388 e. The highest BCUT2D eigenvalue weighted by Crippen LogP contribution is 2.26. The molecule has 0 aliphatic carbocycles. The van der Waals surface area contributed by atoms with E-state index in [1.165, 1.54) is 13.3 Å². The fraction of sp³-hybridized carbons (Fsp3) is 0.391. The van der Waals surface area contributed by atoms with Gasteiger partial charge in [-0.2, -0.15) is 10.1 Å². The molecule has 4 rings (SSSR count). The smallest absolute Gasteiger partial charge is 0.328 e. The molecule has 0 saturated heterocycles. The molecule has 34 heavy (non-hydrogen) atoms. The van der Waals surface area contributed by atoms with Gasteiger partial charge >= 0.3 is 5.69 Å². The van der Waals surface area contributed by atoms with Crippen LogP contribution < -0.4 is 11.0 Å². The second-order valence-electron chi connectivity index (χ2n) is 8.71. The molecule has 0 aliphatic heterocycles. The minimum Gasteiger partial charge on any atom is -0.388 e. The molecule has 1 atom stereocenters. The fourth-order valence-electron chi connectivity index (χ4n) is 3.96. The lowest BCUT2D eigenvalue weighted by Gasteiger charge is -2.22. The van der Waals surface area contributed by atoms with Crippen molar-refractivity contribution in [3.8, 4) is 5.95 Å². The van der Waals surface area contributed by atoms with E-state index in [1.807, 2.05) is 38.1 Å². The van der Waals surface area contributed by atoms with E-state index in [-0.39, 0.29) is 12.3 Å². The summed E-state index contributed by atoms with van der Waals surface area (Å²) >= 11 is 6.37. The van der Waals surface area contributed by atoms with Crippen molar-refractivity contribution in [2.45, 2.75) is 39.3 Å². The monoisotopic (exact) mass is 485 g/mol. The molecule has 4 aromatic rings. The van der Waals surface area contributed by atoms with Gasteiger partial charge < -0.3 is 15.2 Å². The van der Waals surface area contributed by atoms with Gasteiger partial charge in [-0.05, 0) is 51.5 Å². The lowest BCUT2D eigenvalue weighted by Crippen LogP contribution is -2.33. The summed E-state index contributed by atoms with van der Waals surface area (Å²) < 4.78 is 9.97. The van der Waals surface area contributed by atoms with Crippen LogP contribution in [0.15, 0.2) is 35.3 Å². The van der Waals surface area contributed by atoms with E-state index in [9.17, 15) is 9.90 Å². The molecule has 0 amide bonds. The van der Waals surface area contributed by atoms with Gasteiger partial charge in [-0.15, -0.1) is 0 Å². The van der Waals surface area contributed by atoms with Gasteiger partial charge in [-0.25, -0.2) is 14.5 Å². The normalized spacial score (nSPS) is 13.4. The average Bonchev–Trinajstić information content (AvgIpc) is 3.23. The van der Waals surface area contributed by atoms with Gasteiger partial charge in [-0.3, -0.25) is 9.13 Å². The summed E-state index contributed by atoms with van der Waals surface area (Å²) in [7, 11) is 3.26. The van der Waals surface area contributed by atoms with Crippen molar-refractivity contribution in [3.05, 3.63) is 57.4 Å². The number of imidazole rings is 1. The second-order valence-corrected chi connectivity index (χ2v) is 9.11. The van der Waals surface area contributed by atoms with Crippen molar-refractivity contribution in [2.75, 3.05) is 19.0 Å². The van der Waals surface area contributed by atoms with Crippen LogP contribution in [0.2, 0.25) is 5.02 Å². The lowest BCUT2D eigenvalue weighted by molar-refractivity contribution is -0.0252. The number of aryl methyl sites for hydroxylation is 4. The Labute approximate surface area is 201 Å². The number of aliphatic hydroxyl groups is 1. The molecule has 0 fully saturated rings. The van der Waals surface area contributed by atoms with Crippen molar-refractivity contribution < 1.29 is 9.84 Å². The van der Waals surface area contributed by atoms with Crippen molar-refractivity contribution >= 4 is 34.1 Å². The summed E-state index contributed by atoms with van der Waals surface area (Å²) in [5.74, 6) is 0.821. The molecule has 0 spiro atoms. The quantitative estimate of drug-likeness (QED) is 0.394. The number of nitrogens with one attached hydrogen (secondary N) is 1. The first-order chi connectivity index (χ1) is 16.1. The maximum atomic E-state index is 12.9. The highest BCUT2D eigenvalue weighted by molar-refractivity contribution is 6.32. The van der Waals surface area contributed by atoms with Crippen molar-refractivity contribution in [1.82, 2.24) is 28.9 Å². The molecule has 1 unspecified atom stereocenters. The molecule has 0 aliphatic rings. The summed E-state index contributed by atoms with van der Waals surface area (Å²) in [6.07, 6.45) is 1.89. The van der Waals surface area contributed by atoms with Crippen molar-refractivity contribution in [1.29, 1.82) is 0 Å². The van der Waals surface area contributed by atoms with Crippen LogP contribution in [-0.4, -0.2) is 53.3 Å². The zero-order valence-electron chi connectivity index (χ0n) is 19.8. The number of nitrogens with zero attached hydrogens (tertiary/aromatic N) is 6. The number of hydrogen-bond acceptors (Lipinski definition) is 7. The molecule has 3 heterocycles. The maximum absolute atomic E-state index is 12.9. The van der Waals surface area contributed by atoms with Gasteiger partial charge in [0.15, 0.2) is 5.82 Å². The van der Waals surface area contributed by atoms with Crippen LogP contribution >= 0.6 is 11.6 Å². The van der Waals surface area contributed by atoms with E-state index in [4.69, 9.17) is 16.3 Å². The summed E-state index contributed by atoms with van der Waals surface area (Å²) in [6, 6.07) is 7.52. The van der Waals surface area contributed by atoms with Crippen LogP contribution in [0, 0.1) is 13.8 Å². The third kappa shape index (κ3) is 4.70. The zero-order chi connectivity index (χ0) is 24.6. The Bertz CT molecular complexity index is 1400. The Kier molecular flexibility index (Phi) is 6.48. The predicted octanol–water partition coefficient (Wildman–Crippen LogP) is 3.12. The first-order valence-electron chi connectivity index (χ1n) is 10.8. The number of anilines is 2. The molecule has 0 radical (unpaired) electrons. The van der Waals surface area contributed by atoms with Gasteiger partial charge in [-0.1, -0.05) is 11.6 Å². The maximum Gasteiger partial charge on any atom is 0.328 e. The van der Waals surface area contributed by atoms with Gasteiger partial charge in [0.05, 0.1) is 35.1 Å². The van der Waals surface area contributed by atoms with Crippen molar-refractivity contribution in [2.24, 2.45) is 7.05 Å². The molecule has 10 nitrogen and oxygen atoms in total. The molecule has 0 bridgehead atoms. The molecule has 2 N–H and O–H groups in total. The second kappa shape index (κ2) is 9.21. The van der Waals surface area contributed by atoms with Gasteiger partial charge in [0, 0.05) is 32.1 Å². The molecular formula is C23H28ClN7O3. The van der Waals surface area contributed by atoms with E-state index < -0.39 is 5.60 Å². The van der Waals surface area contributed by atoms with Crippen LogP contribution in [0.4, 0.5) is 11.5 Å². The molecule has 180 valence electrons. The van der Waals surface area contributed by atoms with E-state index >= 15 is 0 Å². The highest BCUT2D eigenvalue weighted by Gasteiger charge is 2.22. The van der Waals surface area contributed by atoms with E-state index in [2.05, 4.69) is 20.4 Å². The number of hydrogen-bond donors (Lipinski definition) is 2. The highest BCUT2D eigenvalue weighted by atomic mass is 35.5. The summed E-state index contributed by atoms with van der Waals surface area (Å²) in [4.78, 5) is 21.7. The molecule has 3 aromatic heterocycles. The molecular weight excluding hydrogens is 458 g/mol. The summed E-state index contributed by atoms with van der Waals surface area (Å²) in [5, 5.41) is 18.5. The zero-order valence-corrected chi connectivity index (χ0v) is 20.6. The first-order valence-corrected chi connectivity index (χ1v) is 11.2. The molecule has 11 heteroatoms. The fourth-order valence-corrected chi connectivity index (χ4v) is 4.09. The van der Waals surface area contributed by atoms with Crippen LogP contribution in [0.1, 0.15) is 24.7 Å². The lowest BCUT2D eigenvalue weighted by atomic mass is 10.0. The van der Waals surface area contributed by atoms with E-state index in [1.54, 1.807) is 27.8 Å². The number of methoxy groups -OCH3 is 1. The number of halogens is 1. The standard InChI is InChI=1S/C23H28ClN7O3/c1-14-10-15(2)31(28-14)21-25-12-17(24)20(27-21)26-16-6-7-18-19(11-16)30(22(32)29(18)4)9-8-23(3,33)13-34-5/h6-7,10-12,33H,8-9,13H2,1-5H3,(H,25,26,27). The van der Waals surface area contributed by atoms with Crippen LogP contribution in [0.25, 0.3) is 17.0 Å². The van der Waals surface area contributed by atoms with Crippen LogP contribution in [0.5, 0.6) is 0 Å². The van der Waals surface area contributed by atoms with Crippen LogP contribution in [-0.2, 0) is 18.3 Å². The number of rotatable bonds is 8. The number of benzene rings is 1. The minimum atomic E-state index is -1.04. The van der Waals surface area contributed by atoms with Gasteiger partial charge in [0.1, 0.15) is 5.02 Å². The van der Waals surface area contributed by atoms with Gasteiger partial charge in [0.2, 0.25) is 0 Å². The third-order valence-corrected chi connectivity index (χ3v) is 5.94. The molecule has 0 saturated carbocycles. The average molecular weight is 486 g/mol. The predicted molar refractivity (Wildman–Crippen MR) is 131 cm³/mol.